The number of carbonyl (C=O) groups excluding carboxylic acids is 2. The van der Waals surface area contributed by atoms with E-state index >= 15 is 0 Å². The molecule has 1 aliphatic rings. The zero-order valence-corrected chi connectivity index (χ0v) is 12.2. The van der Waals surface area contributed by atoms with Crippen LogP contribution in [0.5, 0.6) is 0 Å². The summed E-state index contributed by atoms with van der Waals surface area (Å²) in [6, 6.07) is 14.9. The molecular weight excluding hydrogens is 282 g/mol. The number of hydrogen-bond donors (Lipinski definition) is 1. The lowest BCUT2D eigenvalue weighted by molar-refractivity contribution is -0.112. The summed E-state index contributed by atoms with van der Waals surface area (Å²) in [6.07, 6.45) is 1.40. The molecule has 21 heavy (non-hydrogen) atoms. The summed E-state index contributed by atoms with van der Waals surface area (Å²) in [6.45, 7) is 1.97. The van der Waals surface area contributed by atoms with Crippen LogP contribution in [0.15, 0.2) is 64.4 Å². The van der Waals surface area contributed by atoms with Gasteiger partial charge in [0.05, 0.1) is 10.6 Å². The number of nitrogens with one attached hydrogen (secondary N) is 1. The van der Waals surface area contributed by atoms with E-state index in [0.29, 0.717) is 10.5 Å². The molecule has 1 amide bonds. The fourth-order valence-electron chi connectivity index (χ4n) is 2.02. The smallest absolute Gasteiger partial charge is 0.262 e. The summed E-state index contributed by atoms with van der Waals surface area (Å²) in [7, 11) is 0. The standard InChI is InChI=1S/C17H13NO2S/c1-11-6-8-12(9-7-11)14(19)10-16-17(20)18-13-4-2-3-5-15(13)21-16/h2-10H,1H3,(H,18,20)/b16-10-. The van der Waals surface area contributed by atoms with Gasteiger partial charge in [-0.25, -0.2) is 0 Å². The molecular formula is C17H13NO2S. The SMILES string of the molecule is Cc1ccc(C(=O)/C=C2\Sc3ccccc3NC2=O)cc1. The number of carbonyl (C=O) groups is 2. The van der Waals surface area contributed by atoms with E-state index in [-0.39, 0.29) is 11.7 Å². The Kier molecular flexibility index (Phi) is 3.62. The maximum Gasteiger partial charge on any atom is 0.262 e. The molecule has 0 radical (unpaired) electrons. The molecule has 0 bridgehead atoms. The van der Waals surface area contributed by atoms with E-state index in [4.69, 9.17) is 0 Å². The van der Waals surface area contributed by atoms with Gasteiger partial charge in [-0.2, -0.15) is 0 Å². The second-order valence-electron chi connectivity index (χ2n) is 4.79. The minimum absolute atomic E-state index is 0.160. The molecule has 0 spiro atoms. The first-order valence-corrected chi connectivity index (χ1v) is 7.36. The molecule has 2 aromatic rings. The van der Waals surface area contributed by atoms with E-state index in [0.717, 1.165) is 16.1 Å². The zero-order valence-electron chi connectivity index (χ0n) is 11.4. The molecule has 104 valence electrons. The van der Waals surface area contributed by atoms with Crippen LogP contribution in [-0.4, -0.2) is 11.7 Å². The number of rotatable bonds is 2. The number of thioether (sulfide) groups is 1. The Hall–Kier alpha value is -2.33. The maximum atomic E-state index is 12.2. The van der Waals surface area contributed by atoms with Gasteiger partial charge in [0.1, 0.15) is 0 Å². The van der Waals surface area contributed by atoms with Crippen molar-refractivity contribution in [3.63, 3.8) is 0 Å². The van der Waals surface area contributed by atoms with E-state index in [2.05, 4.69) is 5.32 Å². The number of para-hydroxylation sites is 1. The van der Waals surface area contributed by atoms with Gasteiger partial charge in [-0.05, 0) is 19.1 Å². The minimum atomic E-state index is -0.237. The van der Waals surface area contributed by atoms with Gasteiger partial charge in [0.25, 0.3) is 5.91 Å². The predicted molar refractivity (Wildman–Crippen MR) is 84.5 cm³/mol. The minimum Gasteiger partial charge on any atom is -0.320 e. The summed E-state index contributed by atoms with van der Waals surface area (Å²) in [4.78, 5) is 25.6. The lowest BCUT2D eigenvalue weighted by Gasteiger charge is -2.17. The molecule has 0 unspecified atom stereocenters. The Morgan fingerprint density at radius 2 is 1.81 bits per heavy atom. The number of hydrogen-bond acceptors (Lipinski definition) is 3. The number of amides is 1. The molecule has 3 nitrogen and oxygen atoms in total. The van der Waals surface area contributed by atoms with Gasteiger partial charge in [-0.1, -0.05) is 53.7 Å². The highest BCUT2D eigenvalue weighted by Gasteiger charge is 2.21. The van der Waals surface area contributed by atoms with Gasteiger partial charge in [0.15, 0.2) is 5.78 Å². The third-order valence-corrected chi connectivity index (χ3v) is 4.28. The third kappa shape index (κ3) is 2.90. The zero-order chi connectivity index (χ0) is 14.8. The lowest BCUT2D eigenvalue weighted by Crippen LogP contribution is -2.18. The molecule has 1 heterocycles. The first-order chi connectivity index (χ1) is 10.1. The van der Waals surface area contributed by atoms with Crippen molar-refractivity contribution >= 4 is 29.1 Å². The topological polar surface area (TPSA) is 46.2 Å². The molecule has 2 aromatic carbocycles. The highest BCUT2D eigenvalue weighted by Crippen LogP contribution is 2.37. The van der Waals surface area contributed by atoms with Crippen molar-refractivity contribution in [2.45, 2.75) is 11.8 Å². The Labute approximate surface area is 127 Å². The molecule has 1 N–H and O–H groups in total. The van der Waals surface area contributed by atoms with E-state index < -0.39 is 0 Å². The molecule has 0 fully saturated rings. The van der Waals surface area contributed by atoms with E-state index in [9.17, 15) is 9.59 Å². The van der Waals surface area contributed by atoms with Crippen LogP contribution in [0.4, 0.5) is 5.69 Å². The largest absolute Gasteiger partial charge is 0.320 e. The van der Waals surface area contributed by atoms with Crippen LogP contribution in [0.1, 0.15) is 15.9 Å². The lowest BCUT2D eigenvalue weighted by atomic mass is 10.1. The molecule has 0 saturated heterocycles. The Morgan fingerprint density at radius 3 is 2.57 bits per heavy atom. The Morgan fingerprint density at radius 1 is 1.10 bits per heavy atom. The molecule has 0 atom stereocenters. The van der Waals surface area contributed by atoms with Crippen LogP contribution in [0.2, 0.25) is 0 Å². The fourth-order valence-corrected chi connectivity index (χ4v) is 2.95. The summed E-state index contributed by atoms with van der Waals surface area (Å²) in [5.74, 6) is -0.397. The predicted octanol–water partition coefficient (Wildman–Crippen LogP) is 3.81. The van der Waals surface area contributed by atoms with E-state index in [1.165, 1.54) is 17.8 Å². The first kappa shape index (κ1) is 13.6. The first-order valence-electron chi connectivity index (χ1n) is 6.54. The Balaban J connectivity index is 1.88. The number of aryl methyl sites for hydroxylation is 1. The molecule has 0 aromatic heterocycles. The molecule has 0 aliphatic carbocycles. The third-order valence-electron chi connectivity index (χ3n) is 3.18. The Bertz CT molecular complexity index is 748. The molecule has 0 saturated carbocycles. The number of fused-ring (bicyclic) bond motifs is 1. The summed E-state index contributed by atoms with van der Waals surface area (Å²) >= 11 is 1.32. The van der Waals surface area contributed by atoms with E-state index in [1.54, 1.807) is 12.1 Å². The van der Waals surface area contributed by atoms with Crippen molar-refractivity contribution in [1.82, 2.24) is 0 Å². The van der Waals surface area contributed by atoms with Crippen LogP contribution >= 0.6 is 11.8 Å². The van der Waals surface area contributed by atoms with Crippen molar-refractivity contribution in [3.05, 3.63) is 70.6 Å². The quantitative estimate of drug-likeness (QED) is 0.677. The number of ketones is 1. The van der Waals surface area contributed by atoms with Gasteiger partial charge in [0, 0.05) is 16.5 Å². The van der Waals surface area contributed by atoms with Crippen molar-refractivity contribution in [3.8, 4) is 0 Å². The summed E-state index contributed by atoms with van der Waals surface area (Å²) in [5, 5.41) is 2.80. The second-order valence-corrected chi connectivity index (χ2v) is 5.87. The van der Waals surface area contributed by atoms with Gasteiger partial charge >= 0.3 is 0 Å². The van der Waals surface area contributed by atoms with Gasteiger partial charge in [-0.3, -0.25) is 9.59 Å². The van der Waals surface area contributed by atoms with Crippen LogP contribution in [0.25, 0.3) is 0 Å². The monoisotopic (exact) mass is 295 g/mol. The van der Waals surface area contributed by atoms with Crippen LogP contribution < -0.4 is 5.32 Å². The van der Waals surface area contributed by atoms with Crippen molar-refractivity contribution < 1.29 is 9.59 Å². The normalized spacial score (nSPS) is 15.5. The average molecular weight is 295 g/mol. The number of anilines is 1. The van der Waals surface area contributed by atoms with Crippen LogP contribution in [0, 0.1) is 6.92 Å². The van der Waals surface area contributed by atoms with Gasteiger partial charge in [0.2, 0.25) is 0 Å². The highest BCUT2D eigenvalue weighted by molar-refractivity contribution is 8.04. The maximum absolute atomic E-state index is 12.2. The molecule has 4 heteroatoms. The fraction of sp³-hybridized carbons (Fsp3) is 0.0588. The van der Waals surface area contributed by atoms with Gasteiger partial charge < -0.3 is 5.32 Å². The average Bonchev–Trinajstić information content (AvgIpc) is 2.48. The van der Waals surface area contributed by atoms with Crippen molar-refractivity contribution in [2.24, 2.45) is 0 Å². The second kappa shape index (κ2) is 5.58. The summed E-state index contributed by atoms with van der Waals surface area (Å²) in [5.41, 5.74) is 2.46. The van der Waals surface area contributed by atoms with Crippen molar-refractivity contribution in [2.75, 3.05) is 5.32 Å². The highest BCUT2D eigenvalue weighted by atomic mass is 32.2. The van der Waals surface area contributed by atoms with Gasteiger partial charge in [-0.15, -0.1) is 0 Å². The van der Waals surface area contributed by atoms with Crippen molar-refractivity contribution in [1.29, 1.82) is 0 Å². The molecule has 1 aliphatic heterocycles. The summed E-state index contributed by atoms with van der Waals surface area (Å²) < 4.78 is 0. The van der Waals surface area contributed by atoms with Crippen LogP contribution in [-0.2, 0) is 4.79 Å². The number of allylic oxidation sites excluding steroid dienone is 1. The number of benzene rings is 2. The van der Waals surface area contributed by atoms with Crippen LogP contribution in [0.3, 0.4) is 0 Å². The molecule has 3 rings (SSSR count). The van der Waals surface area contributed by atoms with E-state index in [1.807, 2.05) is 43.3 Å².